The Morgan fingerprint density at radius 1 is 1.38 bits per heavy atom. The van der Waals surface area contributed by atoms with Crippen molar-refractivity contribution < 1.29 is 0 Å². The van der Waals surface area contributed by atoms with E-state index >= 15 is 0 Å². The van der Waals surface area contributed by atoms with Gasteiger partial charge in [-0.05, 0) is 18.8 Å². The lowest BCUT2D eigenvalue weighted by atomic mass is 9.83. The van der Waals surface area contributed by atoms with Gasteiger partial charge >= 0.3 is 0 Å². The van der Waals surface area contributed by atoms with E-state index in [1.54, 1.807) is 0 Å². The van der Waals surface area contributed by atoms with E-state index in [1.807, 2.05) is 0 Å². The third-order valence-electron chi connectivity index (χ3n) is 2.97. The van der Waals surface area contributed by atoms with E-state index in [4.69, 9.17) is 0 Å². The van der Waals surface area contributed by atoms with E-state index in [9.17, 15) is 0 Å². The number of guanidine groups is 1. The zero-order valence-electron chi connectivity index (χ0n) is 8.18. The lowest BCUT2D eigenvalue weighted by Gasteiger charge is -2.25. The molecule has 1 saturated carbocycles. The Hall–Kier alpha value is -0.730. The van der Waals surface area contributed by atoms with Crippen molar-refractivity contribution in [3.05, 3.63) is 0 Å². The Morgan fingerprint density at radius 2 is 2.31 bits per heavy atom. The quantitative estimate of drug-likeness (QED) is 0.684. The van der Waals surface area contributed by atoms with Crippen molar-refractivity contribution in [2.75, 3.05) is 19.6 Å². The Bertz CT molecular complexity index is 185. The molecule has 1 aliphatic carbocycles. The number of rotatable bonds is 3. The fourth-order valence-electron chi connectivity index (χ4n) is 1.83. The molecule has 0 aromatic rings. The molecule has 1 aliphatic heterocycles. The van der Waals surface area contributed by atoms with E-state index < -0.39 is 0 Å². The summed E-state index contributed by atoms with van der Waals surface area (Å²) < 4.78 is 0. The summed E-state index contributed by atoms with van der Waals surface area (Å²) in [4.78, 5) is 4.36. The van der Waals surface area contributed by atoms with Crippen LogP contribution < -0.4 is 10.6 Å². The Labute approximate surface area is 80.0 Å². The smallest absolute Gasteiger partial charge is 0.191 e. The summed E-state index contributed by atoms with van der Waals surface area (Å²) in [6.45, 7) is 3.16. The van der Waals surface area contributed by atoms with Gasteiger partial charge in [-0.15, -0.1) is 0 Å². The van der Waals surface area contributed by atoms with Crippen LogP contribution in [0.1, 0.15) is 32.1 Å². The molecule has 0 aromatic carbocycles. The van der Waals surface area contributed by atoms with E-state index in [2.05, 4.69) is 15.6 Å². The van der Waals surface area contributed by atoms with Gasteiger partial charge in [0.2, 0.25) is 0 Å². The molecule has 1 fully saturated rings. The van der Waals surface area contributed by atoms with Crippen LogP contribution in [0.25, 0.3) is 0 Å². The minimum atomic E-state index is 0.985. The second-order valence-electron chi connectivity index (χ2n) is 4.02. The average Bonchev–Trinajstić information content (AvgIpc) is 2.11. The summed E-state index contributed by atoms with van der Waals surface area (Å²) in [5.74, 6) is 2.02. The van der Waals surface area contributed by atoms with Gasteiger partial charge in [0.05, 0.1) is 0 Å². The zero-order chi connectivity index (χ0) is 8.93. The van der Waals surface area contributed by atoms with Gasteiger partial charge in [0, 0.05) is 19.6 Å². The molecule has 3 nitrogen and oxygen atoms in total. The maximum Gasteiger partial charge on any atom is 0.191 e. The molecule has 0 saturated heterocycles. The highest BCUT2D eigenvalue weighted by Crippen LogP contribution is 2.28. The Kier molecular flexibility index (Phi) is 3.06. The fourth-order valence-corrected chi connectivity index (χ4v) is 1.83. The highest BCUT2D eigenvalue weighted by molar-refractivity contribution is 5.80. The van der Waals surface area contributed by atoms with Crippen molar-refractivity contribution in [2.24, 2.45) is 10.9 Å². The third kappa shape index (κ3) is 2.61. The van der Waals surface area contributed by atoms with Crippen LogP contribution in [0.2, 0.25) is 0 Å². The molecule has 2 aliphatic rings. The number of hydrogen-bond acceptors (Lipinski definition) is 3. The summed E-state index contributed by atoms with van der Waals surface area (Å²) in [5.41, 5.74) is 0. The van der Waals surface area contributed by atoms with Crippen LogP contribution in [0.5, 0.6) is 0 Å². The van der Waals surface area contributed by atoms with Crippen LogP contribution in [0.4, 0.5) is 0 Å². The van der Waals surface area contributed by atoms with Gasteiger partial charge in [-0.2, -0.15) is 0 Å². The summed E-state index contributed by atoms with van der Waals surface area (Å²) in [6, 6.07) is 0. The van der Waals surface area contributed by atoms with E-state index in [-0.39, 0.29) is 0 Å². The number of hydrogen-bond donors (Lipinski definition) is 2. The van der Waals surface area contributed by atoms with Gasteiger partial charge in [0.1, 0.15) is 0 Å². The van der Waals surface area contributed by atoms with Gasteiger partial charge < -0.3 is 10.6 Å². The molecular formula is C10H19N3. The van der Waals surface area contributed by atoms with Gasteiger partial charge in [-0.3, -0.25) is 4.99 Å². The molecule has 2 N–H and O–H groups in total. The minimum Gasteiger partial charge on any atom is -0.356 e. The largest absolute Gasteiger partial charge is 0.356 e. The fraction of sp³-hybridized carbons (Fsp3) is 0.900. The lowest BCUT2D eigenvalue weighted by molar-refractivity contribution is 0.296. The van der Waals surface area contributed by atoms with Crippen molar-refractivity contribution >= 4 is 5.96 Å². The van der Waals surface area contributed by atoms with Crippen molar-refractivity contribution in [3.8, 4) is 0 Å². The van der Waals surface area contributed by atoms with Crippen molar-refractivity contribution in [2.45, 2.75) is 32.1 Å². The zero-order valence-corrected chi connectivity index (χ0v) is 8.18. The van der Waals surface area contributed by atoms with Gasteiger partial charge in [-0.1, -0.05) is 19.3 Å². The second-order valence-corrected chi connectivity index (χ2v) is 4.02. The summed E-state index contributed by atoms with van der Waals surface area (Å²) in [5, 5.41) is 6.63. The van der Waals surface area contributed by atoms with E-state index in [0.717, 1.165) is 31.5 Å². The third-order valence-corrected chi connectivity index (χ3v) is 2.97. The van der Waals surface area contributed by atoms with Crippen LogP contribution in [0, 0.1) is 5.92 Å². The molecule has 1 heterocycles. The highest BCUT2D eigenvalue weighted by atomic mass is 15.2. The first kappa shape index (κ1) is 8.85. The molecule has 0 unspecified atom stereocenters. The van der Waals surface area contributed by atoms with Crippen LogP contribution >= 0.6 is 0 Å². The summed E-state index contributed by atoms with van der Waals surface area (Å²) >= 11 is 0. The minimum absolute atomic E-state index is 0.985. The molecule has 0 atom stereocenters. The van der Waals surface area contributed by atoms with E-state index in [0.29, 0.717) is 0 Å². The maximum atomic E-state index is 4.36. The average molecular weight is 181 g/mol. The SMILES string of the molecule is C1CN=C(NCCC2CCC2)NC1. The van der Waals surface area contributed by atoms with Crippen LogP contribution in [-0.4, -0.2) is 25.6 Å². The van der Waals surface area contributed by atoms with Crippen LogP contribution in [0.15, 0.2) is 4.99 Å². The molecule has 0 spiro atoms. The molecule has 74 valence electrons. The van der Waals surface area contributed by atoms with Crippen molar-refractivity contribution in [1.82, 2.24) is 10.6 Å². The standard InChI is InChI=1S/C10H19N3/c1-3-9(4-1)5-8-13-10-11-6-2-7-12-10/h9H,1-8H2,(H2,11,12,13). The first-order valence-corrected chi connectivity index (χ1v) is 5.47. The van der Waals surface area contributed by atoms with Crippen molar-refractivity contribution in [1.29, 1.82) is 0 Å². The summed E-state index contributed by atoms with van der Waals surface area (Å²) in [7, 11) is 0. The lowest BCUT2D eigenvalue weighted by Crippen LogP contribution is -2.41. The molecule has 13 heavy (non-hydrogen) atoms. The van der Waals surface area contributed by atoms with Gasteiger partial charge in [0.15, 0.2) is 5.96 Å². The summed E-state index contributed by atoms with van der Waals surface area (Å²) in [6.07, 6.45) is 6.83. The van der Waals surface area contributed by atoms with Gasteiger partial charge in [-0.25, -0.2) is 0 Å². The van der Waals surface area contributed by atoms with Crippen molar-refractivity contribution in [3.63, 3.8) is 0 Å². The normalized spacial score (nSPS) is 22.9. The van der Waals surface area contributed by atoms with Crippen LogP contribution in [-0.2, 0) is 0 Å². The molecule has 0 amide bonds. The molecule has 0 radical (unpaired) electrons. The topological polar surface area (TPSA) is 36.4 Å². The molecule has 0 bridgehead atoms. The first-order chi connectivity index (χ1) is 6.45. The molecule has 0 aromatic heterocycles. The predicted molar refractivity (Wildman–Crippen MR) is 54.9 cm³/mol. The number of nitrogens with one attached hydrogen (secondary N) is 2. The predicted octanol–water partition coefficient (Wildman–Crippen LogP) is 1.12. The van der Waals surface area contributed by atoms with Crippen LogP contribution in [0.3, 0.4) is 0 Å². The molecular weight excluding hydrogens is 162 g/mol. The highest BCUT2D eigenvalue weighted by Gasteiger charge is 2.16. The number of aliphatic imine (C=N–C) groups is 1. The molecule has 3 heteroatoms. The molecule has 2 rings (SSSR count). The second kappa shape index (κ2) is 4.49. The Morgan fingerprint density at radius 3 is 2.92 bits per heavy atom. The monoisotopic (exact) mass is 181 g/mol. The van der Waals surface area contributed by atoms with E-state index in [1.165, 1.54) is 32.1 Å². The maximum absolute atomic E-state index is 4.36. The first-order valence-electron chi connectivity index (χ1n) is 5.47. The van der Waals surface area contributed by atoms with Gasteiger partial charge in [0.25, 0.3) is 0 Å². The Balaban J connectivity index is 1.58. The number of nitrogens with zero attached hydrogens (tertiary/aromatic N) is 1.